The molecule has 1 aliphatic rings. The number of hydrogen-bond acceptors (Lipinski definition) is 4. The first kappa shape index (κ1) is 15.3. The maximum Gasteiger partial charge on any atom is 0.257 e. The van der Waals surface area contributed by atoms with Gasteiger partial charge < -0.3 is 5.32 Å². The molecule has 6 nitrogen and oxygen atoms in total. The van der Waals surface area contributed by atoms with Gasteiger partial charge >= 0.3 is 0 Å². The summed E-state index contributed by atoms with van der Waals surface area (Å²) in [4.78, 5) is 21.8. The van der Waals surface area contributed by atoms with E-state index in [1.165, 1.54) is 0 Å². The highest BCUT2D eigenvalue weighted by molar-refractivity contribution is 9.10. The van der Waals surface area contributed by atoms with E-state index in [1.54, 1.807) is 16.9 Å². The molecule has 0 atom stereocenters. The van der Waals surface area contributed by atoms with E-state index in [0.717, 1.165) is 39.7 Å². The van der Waals surface area contributed by atoms with Gasteiger partial charge in [0.25, 0.3) is 5.91 Å². The minimum Gasteiger partial charge on any atom is -0.307 e. The fourth-order valence-electron chi connectivity index (χ4n) is 2.86. The highest BCUT2D eigenvalue weighted by atomic mass is 79.9. The fraction of sp³-hybridized carbons (Fsp3) is 0.294. The van der Waals surface area contributed by atoms with Crippen molar-refractivity contribution >= 4 is 38.7 Å². The molecule has 1 aliphatic carbocycles. The van der Waals surface area contributed by atoms with Crippen LogP contribution in [0.5, 0.6) is 0 Å². The number of amides is 1. The van der Waals surface area contributed by atoms with E-state index in [9.17, 15) is 4.79 Å². The number of nitrogens with zero attached hydrogens (tertiary/aromatic N) is 4. The Balaban J connectivity index is 1.79. The van der Waals surface area contributed by atoms with Crippen molar-refractivity contribution in [3.8, 4) is 0 Å². The number of hydrogen-bond donors (Lipinski definition) is 1. The average Bonchev–Trinajstić information content (AvgIpc) is 3.36. The van der Waals surface area contributed by atoms with E-state index in [2.05, 4.69) is 31.3 Å². The number of carbonyl (C=O) groups excluding carboxylic acids is 1. The molecule has 0 spiro atoms. The summed E-state index contributed by atoms with van der Waals surface area (Å²) in [5, 5.41) is 8.09. The van der Waals surface area contributed by atoms with Gasteiger partial charge in [-0.3, -0.25) is 9.48 Å². The predicted octanol–water partition coefficient (Wildman–Crippen LogP) is 3.56. The zero-order chi connectivity index (χ0) is 16.8. The normalized spacial score (nSPS) is 14.1. The molecule has 0 aliphatic heterocycles. The Kier molecular flexibility index (Phi) is 3.60. The molecular formula is C17H16BrN5O. The van der Waals surface area contributed by atoms with Crippen LogP contribution in [0, 0.1) is 6.92 Å². The number of nitrogens with one attached hydrogen (secondary N) is 1. The second-order valence-corrected chi connectivity index (χ2v) is 7.01. The Morgan fingerprint density at radius 3 is 2.83 bits per heavy atom. The van der Waals surface area contributed by atoms with Gasteiger partial charge in [0.2, 0.25) is 0 Å². The third-order valence-corrected chi connectivity index (χ3v) is 4.67. The summed E-state index contributed by atoms with van der Waals surface area (Å²) in [5.41, 5.74) is 3.14. The Morgan fingerprint density at radius 2 is 2.17 bits per heavy atom. The van der Waals surface area contributed by atoms with Crippen LogP contribution in [-0.4, -0.2) is 25.7 Å². The van der Waals surface area contributed by atoms with Gasteiger partial charge in [-0.1, -0.05) is 0 Å². The Hall–Kier alpha value is -2.28. The topological polar surface area (TPSA) is 72.7 Å². The van der Waals surface area contributed by atoms with Crippen molar-refractivity contribution in [2.75, 3.05) is 5.32 Å². The van der Waals surface area contributed by atoms with E-state index < -0.39 is 0 Å². The van der Waals surface area contributed by atoms with Crippen LogP contribution in [0.4, 0.5) is 5.82 Å². The maximum absolute atomic E-state index is 12.8. The largest absolute Gasteiger partial charge is 0.307 e. The van der Waals surface area contributed by atoms with E-state index >= 15 is 0 Å². The molecule has 1 amide bonds. The van der Waals surface area contributed by atoms with Gasteiger partial charge in [-0.2, -0.15) is 5.10 Å². The molecule has 3 heterocycles. The van der Waals surface area contributed by atoms with Crippen LogP contribution in [0.2, 0.25) is 0 Å². The van der Waals surface area contributed by atoms with Crippen LogP contribution >= 0.6 is 15.9 Å². The SMILES string of the molecule is Cc1nn(C)c2nc(C3CC3)cc(C(=O)Nc3ccc(Br)cn3)c12. The molecule has 1 saturated carbocycles. The number of fused-ring (bicyclic) bond motifs is 1. The number of halogens is 1. The number of aryl methyl sites for hydroxylation is 2. The van der Waals surface area contributed by atoms with Crippen LogP contribution in [-0.2, 0) is 7.05 Å². The molecule has 3 aromatic rings. The molecule has 7 heteroatoms. The van der Waals surface area contributed by atoms with Gasteiger partial charge in [0.15, 0.2) is 5.65 Å². The van der Waals surface area contributed by atoms with Gasteiger partial charge in [-0.25, -0.2) is 9.97 Å². The first-order valence-electron chi connectivity index (χ1n) is 7.80. The van der Waals surface area contributed by atoms with Crippen molar-refractivity contribution in [1.29, 1.82) is 0 Å². The zero-order valence-electron chi connectivity index (χ0n) is 13.4. The lowest BCUT2D eigenvalue weighted by Crippen LogP contribution is -2.14. The molecule has 122 valence electrons. The molecule has 0 saturated heterocycles. The van der Waals surface area contributed by atoms with Gasteiger partial charge in [-0.15, -0.1) is 0 Å². The van der Waals surface area contributed by atoms with E-state index in [0.29, 0.717) is 17.3 Å². The van der Waals surface area contributed by atoms with E-state index in [1.807, 2.05) is 26.1 Å². The van der Waals surface area contributed by atoms with Gasteiger partial charge in [0, 0.05) is 29.3 Å². The fourth-order valence-corrected chi connectivity index (χ4v) is 3.10. The smallest absolute Gasteiger partial charge is 0.257 e. The minimum absolute atomic E-state index is 0.185. The maximum atomic E-state index is 12.8. The molecule has 0 unspecified atom stereocenters. The number of anilines is 1. The van der Waals surface area contributed by atoms with Crippen LogP contribution in [0.3, 0.4) is 0 Å². The summed E-state index contributed by atoms with van der Waals surface area (Å²) in [6.07, 6.45) is 3.91. The Morgan fingerprint density at radius 1 is 1.38 bits per heavy atom. The first-order valence-corrected chi connectivity index (χ1v) is 8.59. The molecule has 1 fully saturated rings. The summed E-state index contributed by atoms with van der Waals surface area (Å²) in [6, 6.07) is 5.51. The lowest BCUT2D eigenvalue weighted by molar-refractivity contribution is 0.102. The molecule has 0 radical (unpaired) electrons. The van der Waals surface area contributed by atoms with E-state index in [-0.39, 0.29) is 5.91 Å². The number of pyridine rings is 2. The predicted molar refractivity (Wildman–Crippen MR) is 95.1 cm³/mol. The first-order chi connectivity index (χ1) is 11.5. The molecule has 4 rings (SSSR count). The average molecular weight is 386 g/mol. The van der Waals surface area contributed by atoms with Crippen molar-refractivity contribution in [3.05, 3.63) is 45.8 Å². The molecule has 3 aromatic heterocycles. The van der Waals surface area contributed by atoms with Crippen molar-refractivity contribution in [2.24, 2.45) is 7.05 Å². The summed E-state index contributed by atoms with van der Waals surface area (Å²) in [7, 11) is 1.86. The monoisotopic (exact) mass is 385 g/mol. The van der Waals surface area contributed by atoms with Gasteiger partial charge in [-0.05, 0) is 53.9 Å². The quantitative estimate of drug-likeness (QED) is 0.747. The Bertz CT molecular complexity index is 944. The van der Waals surface area contributed by atoms with Crippen molar-refractivity contribution in [1.82, 2.24) is 19.7 Å². The Labute approximate surface area is 147 Å². The number of carbonyl (C=O) groups is 1. The van der Waals surface area contributed by atoms with Crippen LogP contribution in [0.15, 0.2) is 28.9 Å². The van der Waals surface area contributed by atoms with Crippen molar-refractivity contribution < 1.29 is 4.79 Å². The molecular weight excluding hydrogens is 370 g/mol. The van der Waals surface area contributed by atoms with Crippen LogP contribution < -0.4 is 5.32 Å². The summed E-state index contributed by atoms with van der Waals surface area (Å²) in [5.74, 6) is 0.792. The number of rotatable bonds is 3. The lowest BCUT2D eigenvalue weighted by Gasteiger charge is -2.08. The van der Waals surface area contributed by atoms with Crippen LogP contribution in [0.25, 0.3) is 11.0 Å². The molecule has 0 bridgehead atoms. The molecule has 0 aromatic carbocycles. The molecule has 1 N–H and O–H groups in total. The summed E-state index contributed by atoms with van der Waals surface area (Å²) >= 11 is 3.34. The summed E-state index contributed by atoms with van der Waals surface area (Å²) in [6.45, 7) is 1.90. The molecule has 24 heavy (non-hydrogen) atoms. The van der Waals surface area contributed by atoms with E-state index in [4.69, 9.17) is 4.98 Å². The minimum atomic E-state index is -0.185. The third-order valence-electron chi connectivity index (χ3n) is 4.20. The highest BCUT2D eigenvalue weighted by Gasteiger charge is 2.28. The van der Waals surface area contributed by atoms with Gasteiger partial charge in [0.05, 0.1) is 16.6 Å². The summed E-state index contributed by atoms with van der Waals surface area (Å²) < 4.78 is 2.61. The van der Waals surface area contributed by atoms with Crippen LogP contribution in [0.1, 0.15) is 40.5 Å². The highest BCUT2D eigenvalue weighted by Crippen LogP contribution is 2.40. The second kappa shape index (κ2) is 5.66. The lowest BCUT2D eigenvalue weighted by atomic mass is 10.1. The van der Waals surface area contributed by atoms with Crippen molar-refractivity contribution in [2.45, 2.75) is 25.7 Å². The van der Waals surface area contributed by atoms with Crippen molar-refractivity contribution in [3.63, 3.8) is 0 Å². The third kappa shape index (κ3) is 2.69. The number of aromatic nitrogens is 4. The second-order valence-electron chi connectivity index (χ2n) is 6.09. The standard InChI is InChI=1S/C17H16BrN5O/c1-9-15-12(17(24)21-14-6-5-11(18)8-19-14)7-13(10-3-4-10)20-16(15)23(2)22-9/h5-8,10H,3-4H2,1-2H3,(H,19,21,24). The zero-order valence-corrected chi connectivity index (χ0v) is 15.0. The van der Waals surface area contributed by atoms with Gasteiger partial charge in [0.1, 0.15) is 5.82 Å².